The van der Waals surface area contributed by atoms with Gasteiger partial charge in [-0.05, 0) is 47.9 Å². The van der Waals surface area contributed by atoms with Crippen LogP contribution >= 0.6 is 0 Å². The van der Waals surface area contributed by atoms with E-state index in [1.165, 1.54) is 38.5 Å². The average Bonchev–Trinajstić information content (AvgIpc) is 2.67. The zero-order chi connectivity index (χ0) is 19.5. The number of para-hydroxylation sites is 2. The van der Waals surface area contributed by atoms with Crippen molar-refractivity contribution in [1.29, 1.82) is 0 Å². The Bertz CT molecular complexity index is 631. The SMILES string of the molecule is CCCCCCc1cccc(Cc2cccc(CCCCCC)c2O)c1O. The highest BCUT2D eigenvalue weighted by Crippen LogP contribution is 2.31. The van der Waals surface area contributed by atoms with Crippen molar-refractivity contribution in [3.8, 4) is 11.5 Å². The molecule has 0 unspecified atom stereocenters. The van der Waals surface area contributed by atoms with Crippen LogP contribution in [-0.2, 0) is 19.3 Å². The molecule has 0 aliphatic rings. The smallest absolute Gasteiger partial charge is 0.122 e. The van der Waals surface area contributed by atoms with E-state index in [9.17, 15) is 10.2 Å². The molecule has 0 amide bonds. The van der Waals surface area contributed by atoms with Crippen LogP contribution in [0.5, 0.6) is 11.5 Å². The Morgan fingerprint density at radius 2 is 0.963 bits per heavy atom. The number of hydrogen-bond donors (Lipinski definition) is 2. The molecule has 2 aromatic carbocycles. The van der Waals surface area contributed by atoms with Gasteiger partial charge in [0.15, 0.2) is 0 Å². The molecule has 2 nitrogen and oxygen atoms in total. The molecule has 0 aromatic heterocycles. The largest absolute Gasteiger partial charge is 0.507 e. The first kappa shape index (κ1) is 21.3. The van der Waals surface area contributed by atoms with Gasteiger partial charge in [-0.25, -0.2) is 0 Å². The summed E-state index contributed by atoms with van der Waals surface area (Å²) in [5.41, 5.74) is 3.86. The fourth-order valence-corrected chi connectivity index (χ4v) is 3.67. The molecule has 0 heterocycles. The minimum Gasteiger partial charge on any atom is -0.507 e. The van der Waals surface area contributed by atoms with Gasteiger partial charge in [0.1, 0.15) is 11.5 Å². The first-order chi connectivity index (χ1) is 13.2. The minimum absolute atomic E-state index is 0.404. The maximum absolute atomic E-state index is 10.7. The Balaban J connectivity index is 2.06. The van der Waals surface area contributed by atoms with E-state index in [1.807, 2.05) is 36.4 Å². The third kappa shape index (κ3) is 6.61. The second kappa shape index (κ2) is 11.7. The quantitative estimate of drug-likeness (QED) is 0.399. The Labute approximate surface area is 165 Å². The second-order valence-corrected chi connectivity index (χ2v) is 7.65. The van der Waals surface area contributed by atoms with Gasteiger partial charge in [-0.3, -0.25) is 0 Å². The van der Waals surface area contributed by atoms with Crippen LogP contribution in [-0.4, -0.2) is 10.2 Å². The highest BCUT2D eigenvalue weighted by Gasteiger charge is 2.12. The summed E-state index contributed by atoms with van der Waals surface area (Å²) in [6, 6.07) is 12.0. The Kier molecular flexibility index (Phi) is 9.24. The molecule has 0 aliphatic carbocycles. The molecule has 148 valence electrons. The predicted molar refractivity (Wildman–Crippen MR) is 115 cm³/mol. The number of rotatable bonds is 12. The zero-order valence-corrected chi connectivity index (χ0v) is 17.1. The van der Waals surface area contributed by atoms with Crippen molar-refractivity contribution in [2.24, 2.45) is 0 Å². The van der Waals surface area contributed by atoms with Crippen molar-refractivity contribution < 1.29 is 10.2 Å². The van der Waals surface area contributed by atoms with Gasteiger partial charge >= 0.3 is 0 Å². The van der Waals surface area contributed by atoms with E-state index >= 15 is 0 Å². The number of phenols is 2. The average molecular weight is 369 g/mol. The Morgan fingerprint density at radius 1 is 0.556 bits per heavy atom. The summed E-state index contributed by atoms with van der Waals surface area (Å²) in [5.74, 6) is 0.809. The molecular weight excluding hydrogens is 332 g/mol. The molecule has 0 saturated carbocycles. The highest BCUT2D eigenvalue weighted by molar-refractivity contribution is 5.47. The van der Waals surface area contributed by atoms with Gasteiger partial charge in [0.05, 0.1) is 0 Å². The number of benzene rings is 2. The molecule has 2 aromatic rings. The van der Waals surface area contributed by atoms with Crippen molar-refractivity contribution in [1.82, 2.24) is 0 Å². The van der Waals surface area contributed by atoms with E-state index < -0.39 is 0 Å². The number of unbranched alkanes of at least 4 members (excludes halogenated alkanes) is 6. The third-order valence-electron chi connectivity index (χ3n) is 5.39. The Morgan fingerprint density at radius 3 is 1.37 bits per heavy atom. The second-order valence-electron chi connectivity index (χ2n) is 7.65. The van der Waals surface area contributed by atoms with Crippen molar-refractivity contribution >= 4 is 0 Å². The maximum atomic E-state index is 10.7. The lowest BCUT2D eigenvalue weighted by atomic mass is 9.95. The summed E-state index contributed by atoms with van der Waals surface area (Å²) < 4.78 is 0. The lowest BCUT2D eigenvalue weighted by molar-refractivity contribution is 0.454. The number of phenolic OH excluding ortho intramolecular Hbond substituents is 2. The predicted octanol–water partition coefficient (Wildman–Crippen LogP) is 6.93. The molecule has 2 N–H and O–H groups in total. The molecular formula is C25H36O2. The van der Waals surface area contributed by atoms with E-state index in [0.717, 1.165) is 47.9 Å². The summed E-state index contributed by atoms with van der Waals surface area (Å²) in [6.07, 6.45) is 12.0. The molecule has 0 aliphatic heterocycles. The van der Waals surface area contributed by atoms with Gasteiger partial charge < -0.3 is 10.2 Å². The fourth-order valence-electron chi connectivity index (χ4n) is 3.67. The summed E-state index contributed by atoms with van der Waals surface area (Å²) in [5, 5.41) is 21.4. The lowest BCUT2D eigenvalue weighted by Crippen LogP contribution is -1.96. The van der Waals surface area contributed by atoms with Gasteiger partial charge in [0.25, 0.3) is 0 Å². The van der Waals surface area contributed by atoms with Crippen LogP contribution < -0.4 is 0 Å². The number of aromatic hydroxyl groups is 2. The normalized spacial score (nSPS) is 11.0. The minimum atomic E-state index is 0.404. The monoisotopic (exact) mass is 368 g/mol. The molecule has 27 heavy (non-hydrogen) atoms. The van der Waals surface area contributed by atoms with Gasteiger partial charge in [-0.2, -0.15) is 0 Å². The first-order valence-electron chi connectivity index (χ1n) is 10.8. The van der Waals surface area contributed by atoms with Crippen molar-refractivity contribution in [2.45, 2.75) is 84.5 Å². The summed E-state index contributed by atoms with van der Waals surface area (Å²) in [7, 11) is 0. The van der Waals surface area contributed by atoms with Crippen molar-refractivity contribution in [3.05, 3.63) is 58.7 Å². The van der Waals surface area contributed by atoms with Crippen LogP contribution in [0.3, 0.4) is 0 Å². The first-order valence-corrected chi connectivity index (χ1v) is 10.8. The van der Waals surface area contributed by atoms with Gasteiger partial charge in [0, 0.05) is 6.42 Å². The number of aryl methyl sites for hydroxylation is 2. The van der Waals surface area contributed by atoms with Crippen LogP contribution in [0.4, 0.5) is 0 Å². The molecule has 2 heteroatoms. The van der Waals surface area contributed by atoms with Gasteiger partial charge in [0.2, 0.25) is 0 Å². The van der Waals surface area contributed by atoms with E-state index in [1.54, 1.807) is 0 Å². The van der Waals surface area contributed by atoms with Crippen LogP contribution in [0.25, 0.3) is 0 Å². The molecule has 0 saturated heterocycles. The molecule has 0 spiro atoms. The molecule has 2 rings (SSSR count). The summed E-state index contributed by atoms with van der Waals surface area (Å²) in [4.78, 5) is 0. The van der Waals surface area contributed by atoms with Gasteiger partial charge in [-0.1, -0.05) is 88.8 Å². The molecule has 0 fully saturated rings. The van der Waals surface area contributed by atoms with Crippen molar-refractivity contribution in [3.63, 3.8) is 0 Å². The van der Waals surface area contributed by atoms with Crippen LogP contribution in [0, 0.1) is 0 Å². The highest BCUT2D eigenvalue weighted by atomic mass is 16.3. The van der Waals surface area contributed by atoms with Crippen LogP contribution in [0.2, 0.25) is 0 Å². The summed E-state index contributed by atoms with van der Waals surface area (Å²) in [6.45, 7) is 4.42. The summed E-state index contributed by atoms with van der Waals surface area (Å²) >= 11 is 0. The maximum Gasteiger partial charge on any atom is 0.122 e. The standard InChI is InChI=1S/C25H36O2/c1-3-5-7-9-13-20-15-11-17-22(24(20)26)19-23-18-12-16-21(25(23)27)14-10-8-6-4-2/h11-12,15-18,26-27H,3-10,13-14,19H2,1-2H3. The Hall–Kier alpha value is -1.96. The van der Waals surface area contributed by atoms with Crippen LogP contribution in [0.1, 0.15) is 87.5 Å². The van der Waals surface area contributed by atoms with E-state index in [0.29, 0.717) is 17.9 Å². The van der Waals surface area contributed by atoms with Crippen LogP contribution in [0.15, 0.2) is 36.4 Å². The lowest BCUT2D eigenvalue weighted by Gasteiger charge is -2.13. The molecule has 0 radical (unpaired) electrons. The van der Waals surface area contributed by atoms with Gasteiger partial charge in [-0.15, -0.1) is 0 Å². The van der Waals surface area contributed by atoms with Crippen molar-refractivity contribution in [2.75, 3.05) is 0 Å². The topological polar surface area (TPSA) is 40.5 Å². The molecule has 0 bridgehead atoms. The van der Waals surface area contributed by atoms with E-state index in [2.05, 4.69) is 13.8 Å². The number of hydrogen-bond acceptors (Lipinski definition) is 2. The van der Waals surface area contributed by atoms with E-state index in [4.69, 9.17) is 0 Å². The fraction of sp³-hybridized carbons (Fsp3) is 0.520. The molecule has 0 atom stereocenters. The third-order valence-corrected chi connectivity index (χ3v) is 5.39. The zero-order valence-electron chi connectivity index (χ0n) is 17.1. The van der Waals surface area contributed by atoms with E-state index in [-0.39, 0.29) is 0 Å².